The molecule has 0 aliphatic heterocycles. The van der Waals surface area contributed by atoms with Crippen molar-refractivity contribution in [3.63, 3.8) is 0 Å². The number of benzene rings is 2. The maximum atomic E-state index is 5.22. The maximum absolute atomic E-state index is 5.22. The van der Waals surface area contributed by atoms with Crippen LogP contribution in [-0.4, -0.2) is 9.73 Å². The molecule has 3 rings (SSSR count). The fourth-order valence-corrected chi connectivity index (χ4v) is 2.73. The minimum absolute atomic E-state index is 0.752. The topological polar surface area (TPSA) is 0 Å². The van der Waals surface area contributed by atoms with Crippen molar-refractivity contribution in [3.05, 3.63) is 45.2 Å². The van der Waals surface area contributed by atoms with E-state index >= 15 is 0 Å². The van der Waals surface area contributed by atoms with Gasteiger partial charge in [-0.2, -0.15) is 0 Å². The molecule has 3 heteroatoms. The Morgan fingerprint density at radius 1 is 0.765 bits per heavy atom. The predicted octanol–water partition coefficient (Wildman–Crippen LogP) is 2.92. The van der Waals surface area contributed by atoms with Crippen molar-refractivity contribution in [2.75, 3.05) is 0 Å². The van der Waals surface area contributed by atoms with Crippen molar-refractivity contribution in [3.8, 4) is 0 Å². The van der Waals surface area contributed by atoms with Crippen LogP contribution in [-0.2, 0) is 0 Å². The zero-order valence-corrected chi connectivity index (χ0v) is 12.0. The fourth-order valence-electron chi connectivity index (χ4n) is 1.98. The van der Waals surface area contributed by atoms with Crippen LogP contribution in [0, 0.1) is 0 Å². The van der Waals surface area contributed by atoms with Crippen LogP contribution in [0.15, 0.2) is 34.8 Å². The molecule has 0 unspecified atom stereocenters. The molecule has 0 saturated heterocycles. The third kappa shape index (κ3) is 1.99. The van der Waals surface area contributed by atoms with Gasteiger partial charge in [0.05, 0.1) is 9.73 Å². The first kappa shape index (κ1) is 11.2. The first-order chi connectivity index (χ1) is 8.13. The molecule has 2 aromatic carbocycles. The van der Waals surface area contributed by atoms with E-state index in [0.717, 1.165) is 24.6 Å². The van der Waals surface area contributed by atoms with Crippen LogP contribution in [0.2, 0.25) is 0 Å². The van der Waals surface area contributed by atoms with Gasteiger partial charge in [-0.1, -0.05) is 46.4 Å². The van der Waals surface area contributed by atoms with E-state index in [1.165, 1.54) is 10.8 Å². The summed E-state index contributed by atoms with van der Waals surface area (Å²) in [6.07, 6.45) is 3.96. The monoisotopic (exact) mass is 318 g/mol. The molecule has 1 aliphatic rings. The summed E-state index contributed by atoms with van der Waals surface area (Å²) in [5.74, 6) is 0. The van der Waals surface area contributed by atoms with E-state index < -0.39 is 0 Å². The molecule has 82 valence electrons. The van der Waals surface area contributed by atoms with Crippen molar-refractivity contribution in [2.24, 2.45) is 0 Å². The molecule has 0 spiro atoms. The average Bonchev–Trinajstić information content (AvgIpc) is 2.28. The Morgan fingerprint density at radius 2 is 1.35 bits per heavy atom. The predicted molar refractivity (Wildman–Crippen MR) is 85.0 cm³/mol. The number of halogens is 1. The number of rotatable bonds is 0. The Labute approximate surface area is 118 Å². The highest BCUT2D eigenvalue weighted by Crippen LogP contribution is 2.17. The summed E-state index contributed by atoms with van der Waals surface area (Å²) in [5.41, 5.74) is 0. The van der Waals surface area contributed by atoms with Crippen LogP contribution in [0.5, 0.6) is 0 Å². The summed E-state index contributed by atoms with van der Waals surface area (Å²) in [7, 11) is 0. The van der Waals surface area contributed by atoms with E-state index in [1.807, 2.05) is 18.2 Å². The third-order valence-electron chi connectivity index (χ3n) is 2.82. The zero-order valence-electron chi connectivity index (χ0n) is 8.74. The maximum Gasteiger partial charge on any atom is 0.0564 e. The van der Waals surface area contributed by atoms with Gasteiger partial charge in [-0.3, -0.25) is 0 Å². The van der Waals surface area contributed by atoms with E-state index in [2.05, 4.69) is 40.2 Å². The summed E-state index contributed by atoms with van der Waals surface area (Å²) < 4.78 is 1.09. The highest BCUT2D eigenvalue weighted by molar-refractivity contribution is 9.10. The number of fused-ring (bicyclic) bond motifs is 2. The molecule has 2 aromatic rings. The van der Waals surface area contributed by atoms with Gasteiger partial charge >= 0.3 is 0 Å². The van der Waals surface area contributed by atoms with Crippen LogP contribution >= 0.6 is 40.4 Å². The lowest BCUT2D eigenvalue weighted by atomic mass is 10.0. The van der Waals surface area contributed by atoms with E-state index in [1.54, 1.807) is 0 Å². The molecule has 0 amide bonds. The van der Waals surface area contributed by atoms with Crippen molar-refractivity contribution in [1.82, 2.24) is 0 Å². The molecule has 0 radical (unpaired) electrons. The van der Waals surface area contributed by atoms with Crippen LogP contribution in [0.4, 0.5) is 0 Å². The second kappa shape index (κ2) is 4.09. The van der Waals surface area contributed by atoms with Crippen LogP contribution in [0.25, 0.3) is 22.9 Å². The lowest BCUT2D eigenvalue weighted by Crippen LogP contribution is -2.31. The van der Waals surface area contributed by atoms with E-state index in [0.29, 0.717) is 0 Å². The molecule has 0 aromatic heterocycles. The molecule has 17 heavy (non-hydrogen) atoms. The van der Waals surface area contributed by atoms with Gasteiger partial charge in [0.1, 0.15) is 0 Å². The van der Waals surface area contributed by atoms with Gasteiger partial charge in [0.25, 0.3) is 0 Å². The molecule has 0 nitrogen and oxygen atoms in total. The van der Waals surface area contributed by atoms with Gasteiger partial charge in [0, 0.05) is 4.47 Å². The molecule has 0 heterocycles. The first-order valence-electron chi connectivity index (χ1n) is 5.14. The summed E-state index contributed by atoms with van der Waals surface area (Å²) in [6, 6.07) is 10.6. The van der Waals surface area contributed by atoms with Crippen molar-refractivity contribution < 1.29 is 0 Å². The lowest BCUT2D eigenvalue weighted by molar-refractivity contribution is 1.57. The number of thiocarbonyl (C=S) groups is 2. The molecular weight excluding hydrogens is 312 g/mol. The van der Waals surface area contributed by atoms with Gasteiger partial charge < -0.3 is 0 Å². The van der Waals surface area contributed by atoms with Gasteiger partial charge in [0.2, 0.25) is 0 Å². The molecule has 0 bridgehead atoms. The standard InChI is InChI=1S/C14H7BrS2/c15-12-2-1-8-3-10-6-13(16)14(17)7-11(10)4-9(8)5-12/h1-7H. The quantitative estimate of drug-likeness (QED) is 0.685. The first-order valence-corrected chi connectivity index (χ1v) is 6.75. The minimum atomic E-state index is 0.752. The number of hydrogen-bond donors (Lipinski definition) is 0. The Kier molecular flexibility index (Phi) is 2.69. The van der Waals surface area contributed by atoms with Gasteiger partial charge in [0.15, 0.2) is 0 Å². The molecule has 0 atom stereocenters. The second-order valence-electron chi connectivity index (χ2n) is 3.99. The van der Waals surface area contributed by atoms with Crippen LogP contribution in [0.3, 0.4) is 0 Å². The van der Waals surface area contributed by atoms with Crippen molar-refractivity contribution in [2.45, 2.75) is 0 Å². The van der Waals surface area contributed by atoms with Gasteiger partial charge in [-0.05, 0) is 57.6 Å². The fraction of sp³-hybridized carbons (Fsp3) is 0. The highest BCUT2D eigenvalue weighted by atomic mass is 79.9. The van der Waals surface area contributed by atoms with E-state index in [-0.39, 0.29) is 0 Å². The SMILES string of the molecule is S=C1C=c2cc3ccc(Br)cc3cc2=CC1=S. The van der Waals surface area contributed by atoms with E-state index in [4.69, 9.17) is 24.4 Å². The lowest BCUT2D eigenvalue weighted by Gasteiger charge is -2.05. The molecule has 0 N–H and O–H groups in total. The van der Waals surface area contributed by atoms with E-state index in [9.17, 15) is 0 Å². The molecule has 1 aliphatic carbocycles. The Morgan fingerprint density at radius 3 is 2.00 bits per heavy atom. The summed E-state index contributed by atoms with van der Waals surface area (Å²) >= 11 is 13.9. The number of hydrogen-bond acceptors (Lipinski definition) is 2. The minimum Gasteiger partial charge on any atom is -0.0785 e. The molecule has 0 saturated carbocycles. The Bertz CT molecular complexity index is 788. The largest absolute Gasteiger partial charge is 0.0785 e. The Hall–Kier alpha value is -0.900. The smallest absolute Gasteiger partial charge is 0.0564 e. The molecular formula is C14H7BrS2. The van der Waals surface area contributed by atoms with Crippen LogP contribution in [0.1, 0.15) is 0 Å². The summed E-state index contributed by atoms with van der Waals surface area (Å²) in [5, 5.41) is 4.72. The summed E-state index contributed by atoms with van der Waals surface area (Å²) in [4.78, 5) is 1.51. The average molecular weight is 319 g/mol. The van der Waals surface area contributed by atoms with Gasteiger partial charge in [-0.25, -0.2) is 0 Å². The highest BCUT2D eigenvalue weighted by Gasteiger charge is 2.05. The second-order valence-corrected chi connectivity index (χ2v) is 5.79. The van der Waals surface area contributed by atoms with Crippen LogP contribution < -0.4 is 10.4 Å². The summed E-state index contributed by atoms with van der Waals surface area (Å²) in [6.45, 7) is 0. The third-order valence-corrected chi connectivity index (χ3v) is 4.12. The zero-order chi connectivity index (χ0) is 12.0. The Balaban J connectivity index is 2.47. The molecule has 0 fully saturated rings. The van der Waals surface area contributed by atoms with Crippen molar-refractivity contribution in [1.29, 1.82) is 0 Å². The van der Waals surface area contributed by atoms with Gasteiger partial charge in [-0.15, -0.1) is 0 Å². The normalized spacial score (nSPS) is 14.2. The van der Waals surface area contributed by atoms with Crippen molar-refractivity contribution >= 4 is 73.0 Å².